The second-order valence-corrected chi connectivity index (χ2v) is 6.00. The molecule has 0 fully saturated rings. The van der Waals surface area contributed by atoms with Crippen LogP contribution in [0.5, 0.6) is 0 Å². The van der Waals surface area contributed by atoms with Crippen molar-refractivity contribution in [3.63, 3.8) is 0 Å². The van der Waals surface area contributed by atoms with E-state index in [2.05, 4.69) is 9.88 Å². The summed E-state index contributed by atoms with van der Waals surface area (Å²) >= 11 is 1.37. The fourth-order valence-electron chi connectivity index (χ4n) is 2.67. The number of nitrogens with zero attached hydrogens (tertiary/aromatic N) is 2. The van der Waals surface area contributed by atoms with Gasteiger partial charge in [0.15, 0.2) is 0 Å². The minimum atomic E-state index is -0.189. The molecular weight excluding hydrogens is 286 g/mol. The first kappa shape index (κ1) is 13.9. The smallest absolute Gasteiger partial charge is 0.261 e. The van der Waals surface area contributed by atoms with Crippen molar-refractivity contribution >= 4 is 23.2 Å². The van der Waals surface area contributed by atoms with Crippen molar-refractivity contribution in [3.8, 4) is 0 Å². The zero-order valence-electron chi connectivity index (χ0n) is 11.8. The molecule has 0 bridgehead atoms. The third-order valence-electron chi connectivity index (χ3n) is 3.81. The molecule has 110 valence electrons. The zero-order chi connectivity index (χ0) is 14.8. The molecule has 1 N–H and O–H groups in total. The van der Waals surface area contributed by atoms with E-state index >= 15 is 0 Å². The normalized spacial score (nSPS) is 17.4. The molecule has 0 spiro atoms. The largest absolute Gasteiger partial charge is 0.348 e. The second kappa shape index (κ2) is 5.73. The van der Waals surface area contributed by atoms with E-state index in [0.29, 0.717) is 11.4 Å². The number of carbonyl (C=O) groups is 2. The zero-order valence-corrected chi connectivity index (χ0v) is 12.6. The number of rotatable bonds is 3. The second-order valence-electron chi connectivity index (χ2n) is 5.05. The Balaban J connectivity index is 1.60. The van der Waals surface area contributed by atoms with Crippen LogP contribution < -0.4 is 5.32 Å². The molecule has 6 heteroatoms. The molecule has 0 aromatic carbocycles. The summed E-state index contributed by atoms with van der Waals surface area (Å²) in [4.78, 5) is 26.6. The molecule has 1 unspecified atom stereocenters. The van der Waals surface area contributed by atoms with E-state index in [0.717, 1.165) is 12.2 Å². The number of hydrogen-bond acceptors (Lipinski definition) is 3. The van der Waals surface area contributed by atoms with Crippen LogP contribution in [-0.4, -0.2) is 34.4 Å². The topological polar surface area (TPSA) is 54.3 Å². The molecule has 21 heavy (non-hydrogen) atoms. The van der Waals surface area contributed by atoms with Crippen molar-refractivity contribution in [3.05, 3.63) is 46.4 Å². The summed E-state index contributed by atoms with van der Waals surface area (Å²) in [7, 11) is 0. The number of fused-ring (bicyclic) bond motifs is 1. The fourth-order valence-corrected chi connectivity index (χ4v) is 3.31. The highest BCUT2D eigenvalue weighted by Gasteiger charge is 2.27. The van der Waals surface area contributed by atoms with Crippen LogP contribution in [0, 0.1) is 0 Å². The van der Waals surface area contributed by atoms with Gasteiger partial charge in [-0.1, -0.05) is 6.07 Å². The van der Waals surface area contributed by atoms with Gasteiger partial charge in [-0.3, -0.25) is 9.59 Å². The van der Waals surface area contributed by atoms with Crippen molar-refractivity contribution < 1.29 is 9.59 Å². The van der Waals surface area contributed by atoms with Crippen molar-refractivity contribution in [2.45, 2.75) is 19.5 Å². The van der Waals surface area contributed by atoms with Crippen LogP contribution in [0.15, 0.2) is 35.8 Å². The van der Waals surface area contributed by atoms with Crippen molar-refractivity contribution in [1.29, 1.82) is 0 Å². The third-order valence-corrected chi connectivity index (χ3v) is 4.68. The molecule has 0 saturated heterocycles. The summed E-state index contributed by atoms with van der Waals surface area (Å²) in [6.07, 6.45) is 2.03. The molecule has 3 rings (SSSR count). The van der Waals surface area contributed by atoms with Gasteiger partial charge in [0.05, 0.1) is 17.5 Å². The van der Waals surface area contributed by atoms with Crippen LogP contribution in [0.3, 0.4) is 0 Å². The Morgan fingerprint density at radius 2 is 2.19 bits per heavy atom. The van der Waals surface area contributed by atoms with Gasteiger partial charge in [-0.25, -0.2) is 0 Å². The first-order valence-electron chi connectivity index (χ1n) is 6.93. The highest BCUT2D eigenvalue weighted by atomic mass is 32.1. The van der Waals surface area contributed by atoms with E-state index in [9.17, 15) is 9.59 Å². The number of carbonyl (C=O) groups excluding carboxylic acids is 2. The van der Waals surface area contributed by atoms with Gasteiger partial charge in [-0.2, -0.15) is 0 Å². The van der Waals surface area contributed by atoms with E-state index in [-0.39, 0.29) is 24.4 Å². The fraction of sp³-hybridized carbons (Fsp3) is 0.333. The lowest BCUT2D eigenvalue weighted by Crippen LogP contribution is -2.45. The lowest BCUT2D eigenvalue weighted by molar-refractivity contribution is -0.133. The van der Waals surface area contributed by atoms with Crippen LogP contribution in [0.1, 0.15) is 28.3 Å². The summed E-state index contributed by atoms with van der Waals surface area (Å²) in [5, 5.41) is 4.54. The lowest BCUT2D eigenvalue weighted by atomic mass is 10.1. The first-order chi connectivity index (χ1) is 10.2. The van der Waals surface area contributed by atoms with Crippen LogP contribution >= 0.6 is 11.3 Å². The molecule has 1 aliphatic heterocycles. The molecule has 0 radical (unpaired) electrons. The van der Waals surface area contributed by atoms with Crippen molar-refractivity contribution in [2.24, 2.45) is 0 Å². The first-order valence-corrected chi connectivity index (χ1v) is 7.81. The van der Waals surface area contributed by atoms with E-state index < -0.39 is 0 Å². The van der Waals surface area contributed by atoms with E-state index in [4.69, 9.17) is 0 Å². The molecule has 5 nitrogen and oxygen atoms in total. The predicted molar refractivity (Wildman–Crippen MR) is 81.2 cm³/mol. The number of aromatic nitrogens is 1. The van der Waals surface area contributed by atoms with Crippen LogP contribution in [0.2, 0.25) is 0 Å². The Morgan fingerprint density at radius 1 is 1.33 bits per heavy atom. The standard InChI is InChI=1S/C15H17N3O2S/c1-11-12-4-2-6-17(12)7-8-18(11)14(19)10-16-15(20)13-5-3-9-21-13/h2-6,9,11H,7-8,10H2,1H3,(H,16,20). The number of amides is 2. The summed E-state index contributed by atoms with van der Waals surface area (Å²) < 4.78 is 2.17. The highest BCUT2D eigenvalue weighted by Crippen LogP contribution is 2.25. The quantitative estimate of drug-likeness (QED) is 0.941. The molecule has 1 atom stereocenters. The maximum atomic E-state index is 12.3. The average Bonchev–Trinajstić information content (AvgIpc) is 3.15. The molecule has 1 aliphatic rings. The number of thiophene rings is 1. The molecule has 2 aromatic heterocycles. The monoisotopic (exact) mass is 303 g/mol. The predicted octanol–water partition coefficient (Wildman–Crippen LogP) is 1.88. The number of nitrogens with one attached hydrogen (secondary N) is 1. The van der Waals surface area contributed by atoms with Gasteiger partial charge < -0.3 is 14.8 Å². The molecule has 3 heterocycles. The van der Waals surface area contributed by atoms with Gasteiger partial charge in [-0.05, 0) is 30.5 Å². The molecular formula is C15H17N3O2S. The summed E-state index contributed by atoms with van der Waals surface area (Å²) in [6.45, 7) is 3.54. The highest BCUT2D eigenvalue weighted by molar-refractivity contribution is 7.12. The van der Waals surface area contributed by atoms with E-state index in [1.807, 2.05) is 41.6 Å². The molecule has 2 aromatic rings. The Hall–Kier alpha value is -2.08. The van der Waals surface area contributed by atoms with Gasteiger partial charge in [0.1, 0.15) is 0 Å². The lowest BCUT2D eigenvalue weighted by Gasteiger charge is -2.35. The minimum absolute atomic E-state index is 0.0416. The molecule has 2 amide bonds. The Labute approximate surface area is 127 Å². The summed E-state index contributed by atoms with van der Waals surface area (Å²) in [5.74, 6) is -0.230. The maximum Gasteiger partial charge on any atom is 0.261 e. The Morgan fingerprint density at radius 3 is 2.95 bits per heavy atom. The average molecular weight is 303 g/mol. The minimum Gasteiger partial charge on any atom is -0.348 e. The van der Waals surface area contributed by atoms with E-state index in [1.165, 1.54) is 11.3 Å². The van der Waals surface area contributed by atoms with Crippen molar-refractivity contribution in [1.82, 2.24) is 14.8 Å². The summed E-state index contributed by atoms with van der Waals surface area (Å²) in [5.41, 5.74) is 1.14. The van der Waals surface area contributed by atoms with Crippen molar-refractivity contribution in [2.75, 3.05) is 13.1 Å². The van der Waals surface area contributed by atoms with Gasteiger partial charge in [-0.15, -0.1) is 11.3 Å². The van der Waals surface area contributed by atoms with Crippen LogP contribution in [-0.2, 0) is 11.3 Å². The molecule has 0 aliphatic carbocycles. The third kappa shape index (κ3) is 2.71. The Kier molecular flexibility index (Phi) is 3.79. The number of hydrogen-bond donors (Lipinski definition) is 1. The van der Waals surface area contributed by atoms with Gasteiger partial charge >= 0.3 is 0 Å². The van der Waals surface area contributed by atoms with Crippen LogP contribution in [0.4, 0.5) is 0 Å². The SMILES string of the molecule is CC1c2cccn2CCN1C(=O)CNC(=O)c1cccs1. The van der Waals surface area contributed by atoms with E-state index in [1.54, 1.807) is 6.07 Å². The maximum absolute atomic E-state index is 12.3. The van der Waals surface area contributed by atoms with Crippen LogP contribution in [0.25, 0.3) is 0 Å². The summed E-state index contributed by atoms with van der Waals surface area (Å²) in [6, 6.07) is 7.65. The van der Waals surface area contributed by atoms with Gasteiger partial charge in [0, 0.05) is 25.0 Å². The molecule has 0 saturated carbocycles. The van der Waals surface area contributed by atoms with Gasteiger partial charge in [0.2, 0.25) is 5.91 Å². The van der Waals surface area contributed by atoms with Gasteiger partial charge in [0.25, 0.3) is 5.91 Å². The Bertz CT molecular complexity index is 648.